The minimum atomic E-state index is -0.409. The Hall–Kier alpha value is -1.32. The maximum Gasteiger partial charge on any atom is 0.198 e. The van der Waals surface area contributed by atoms with Gasteiger partial charge in [0.05, 0.1) is 18.2 Å². The summed E-state index contributed by atoms with van der Waals surface area (Å²) >= 11 is 6.06. The van der Waals surface area contributed by atoms with Crippen LogP contribution in [0.2, 0.25) is 5.02 Å². The van der Waals surface area contributed by atoms with Gasteiger partial charge < -0.3 is 9.52 Å². The molecule has 0 aliphatic rings. The molecule has 0 radical (unpaired) electrons. The topological polar surface area (TPSA) is 46.3 Å². The number of hydrogen-bond acceptors (Lipinski definition) is 3. The van der Waals surface area contributed by atoms with Crippen molar-refractivity contribution in [1.29, 1.82) is 0 Å². The summed E-state index contributed by atoms with van der Waals surface area (Å²) in [4.78, 5) is 4.30. The molecule has 3 nitrogen and oxygen atoms in total. The molecule has 17 heavy (non-hydrogen) atoms. The molecule has 0 aliphatic carbocycles. The van der Waals surface area contributed by atoms with E-state index >= 15 is 0 Å². The molecule has 1 atom stereocenters. The van der Waals surface area contributed by atoms with Crippen molar-refractivity contribution in [1.82, 2.24) is 4.98 Å². The van der Waals surface area contributed by atoms with E-state index in [0.717, 1.165) is 11.3 Å². The van der Waals surface area contributed by atoms with Gasteiger partial charge in [-0.1, -0.05) is 29.8 Å². The van der Waals surface area contributed by atoms with E-state index in [1.165, 1.54) is 0 Å². The Balaban J connectivity index is 2.09. The van der Waals surface area contributed by atoms with Gasteiger partial charge in [-0.2, -0.15) is 0 Å². The Kier molecular flexibility index (Phi) is 3.82. The summed E-state index contributed by atoms with van der Waals surface area (Å²) in [6.45, 7) is 1.72. The fraction of sp³-hybridized carbons (Fsp3) is 0.308. The third-order valence-electron chi connectivity index (χ3n) is 2.40. The second-order valence-electron chi connectivity index (χ2n) is 4.05. The molecule has 90 valence electrons. The molecule has 0 bridgehead atoms. The van der Waals surface area contributed by atoms with Gasteiger partial charge >= 0.3 is 0 Å². The first-order chi connectivity index (χ1) is 8.15. The lowest BCUT2D eigenvalue weighted by molar-refractivity contribution is 0.194. The summed E-state index contributed by atoms with van der Waals surface area (Å²) in [6, 6.07) is 7.61. The van der Waals surface area contributed by atoms with Crippen LogP contribution in [0, 0.1) is 0 Å². The molecule has 0 spiro atoms. The summed E-state index contributed by atoms with van der Waals surface area (Å²) in [7, 11) is 0. The first-order valence-corrected chi connectivity index (χ1v) is 5.87. The predicted octanol–water partition coefficient (Wildman–Crippen LogP) is 2.84. The van der Waals surface area contributed by atoms with Crippen molar-refractivity contribution in [3.8, 4) is 0 Å². The number of aliphatic hydroxyl groups is 1. The highest BCUT2D eigenvalue weighted by Crippen LogP contribution is 2.18. The number of halogens is 1. The number of aromatic nitrogens is 1. The Morgan fingerprint density at radius 3 is 2.88 bits per heavy atom. The van der Waals surface area contributed by atoms with Crippen molar-refractivity contribution in [2.24, 2.45) is 0 Å². The summed E-state index contributed by atoms with van der Waals surface area (Å²) in [5.74, 6) is 0.619. The standard InChI is InChI=1S/C13H14ClNO2/c1-9(16)6-11-8-17-13(15-11)7-10-4-2-3-5-12(10)14/h2-5,8-9,16H,6-7H2,1H3. The lowest BCUT2D eigenvalue weighted by atomic mass is 10.1. The molecule has 1 heterocycles. The highest BCUT2D eigenvalue weighted by atomic mass is 35.5. The third-order valence-corrected chi connectivity index (χ3v) is 2.77. The van der Waals surface area contributed by atoms with Crippen molar-refractivity contribution in [3.63, 3.8) is 0 Å². The van der Waals surface area contributed by atoms with Gasteiger partial charge in [0.1, 0.15) is 6.26 Å². The summed E-state index contributed by atoms with van der Waals surface area (Å²) < 4.78 is 5.34. The van der Waals surface area contributed by atoms with Gasteiger partial charge in [-0.25, -0.2) is 4.98 Å². The van der Waals surface area contributed by atoms with E-state index in [2.05, 4.69) is 4.98 Å². The van der Waals surface area contributed by atoms with Gasteiger partial charge in [0.15, 0.2) is 5.89 Å². The minimum Gasteiger partial charge on any atom is -0.448 e. The van der Waals surface area contributed by atoms with Crippen LogP contribution in [0.25, 0.3) is 0 Å². The zero-order valence-electron chi connectivity index (χ0n) is 9.56. The second kappa shape index (κ2) is 5.34. The highest BCUT2D eigenvalue weighted by Gasteiger charge is 2.08. The van der Waals surface area contributed by atoms with E-state index in [9.17, 15) is 5.11 Å². The van der Waals surface area contributed by atoms with Crippen molar-refractivity contribution < 1.29 is 9.52 Å². The van der Waals surface area contributed by atoms with Crippen LogP contribution < -0.4 is 0 Å². The Morgan fingerprint density at radius 1 is 1.41 bits per heavy atom. The van der Waals surface area contributed by atoms with Crippen molar-refractivity contribution in [2.45, 2.75) is 25.9 Å². The molecule has 1 N–H and O–H groups in total. The largest absolute Gasteiger partial charge is 0.448 e. The predicted molar refractivity (Wildman–Crippen MR) is 66.1 cm³/mol. The van der Waals surface area contributed by atoms with Crippen LogP contribution in [0.1, 0.15) is 24.1 Å². The fourth-order valence-electron chi connectivity index (χ4n) is 1.63. The van der Waals surface area contributed by atoms with E-state index in [0.29, 0.717) is 23.8 Å². The van der Waals surface area contributed by atoms with Crippen LogP contribution in [0.15, 0.2) is 34.9 Å². The van der Waals surface area contributed by atoms with Crippen molar-refractivity contribution in [3.05, 3.63) is 52.7 Å². The van der Waals surface area contributed by atoms with Gasteiger partial charge in [-0.05, 0) is 18.6 Å². The molecule has 0 amide bonds. The molecule has 0 fully saturated rings. The number of aliphatic hydroxyl groups excluding tert-OH is 1. The molecular weight excluding hydrogens is 238 g/mol. The molecule has 0 saturated carbocycles. The fourth-order valence-corrected chi connectivity index (χ4v) is 1.83. The number of nitrogens with zero attached hydrogens (tertiary/aromatic N) is 1. The number of hydrogen-bond donors (Lipinski definition) is 1. The van der Waals surface area contributed by atoms with Crippen LogP contribution in [-0.2, 0) is 12.8 Å². The number of rotatable bonds is 4. The number of benzene rings is 1. The quantitative estimate of drug-likeness (QED) is 0.909. The zero-order valence-corrected chi connectivity index (χ0v) is 10.3. The minimum absolute atomic E-state index is 0.409. The molecule has 2 rings (SSSR count). The Morgan fingerprint density at radius 2 is 2.18 bits per heavy atom. The van der Waals surface area contributed by atoms with Gasteiger partial charge in [-0.3, -0.25) is 0 Å². The SMILES string of the molecule is CC(O)Cc1coc(Cc2ccccc2Cl)n1. The van der Waals surface area contributed by atoms with Gasteiger partial charge in [0.2, 0.25) is 0 Å². The monoisotopic (exact) mass is 251 g/mol. The molecule has 1 aromatic heterocycles. The molecule has 0 saturated heterocycles. The summed E-state index contributed by atoms with van der Waals surface area (Å²) in [6.07, 6.45) is 2.25. The average molecular weight is 252 g/mol. The average Bonchev–Trinajstić information content (AvgIpc) is 2.68. The van der Waals surface area contributed by atoms with Crippen LogP contribution in [0.4, 0.5) is 0 Å². The van der Waals surface area contributed by atoms with Crippen molar-refractivity contribution in [2.75, 3.05) is 0 Å². The lowest BCUT2D eigenvalue weighted by Gasteiger charge is -2.00. The van der Waals surface area contributed by atoms with Crippen molar-refractivity contribution >= 4 is 11.6 Å². The first kappa shape index (κ1) is 12.1. The number of oxazole rings is 1. The molecule has 0 aliphatic heterocycles. The highest BCUT2D eigenvalue weighted by molar-refractivity contribution is 6.31. The Bertz CT molecular complexity index is 494. The van der Waals surface area contributed by atoms with Crippen LogP contribution in [0.3, 0.4) is 0 Å². The lowest BCUT2D eigenvalue weighted by Crippen LogP contribution is -2.04. The molecule has 1 aromatic carbocycles. The summed E-state index contributed by atoms with van der Waals surface area (Å²) in [5, 5.41) is 9.96. The van der Waals surface area contributed by atoms with E-state index in [1.54, 1.807) is 13.2 Å². The smallest absolute Gasteiger partial charge is 0.198 e. The van der Waals surface area contributed by atoms with E-state index in [1.807, 2.05) is 24.3 Å². The van der Waals surface area contributed by atoms with Crippen LogP contribution in [-0.4, -0.2) is 16.2 Å². The summed E-state index contributed by atoms with van der Waals surface area (Å²) in [5.41, 5.74) is 1.75. The first-order valence-electron chi connectivity index (χ1n) is 5.50. The van der Waals surface area contributed by atoms with Gasteiger partial charge in [0.25, 0.3) is 0 Å². The van der Waals surface area contributed by atoms with E-state index in [-0.39, 0.29) is 0 Å². The van der Waals surface area contributed by atoms with Gasteiger partial charge in [-0.15, -0.1) is 0 Å². The maximum absolute atomic E-state index is 9.25. The normalized spacial score (nSPS) is 12.6. The Labute approximate surface area is 105 Å². The van der Waals surface area contributed by atoms with Crippen LogP contribution >= 0.6 is 11.6 Å². The molecule has 1 unspecified atom stereocenters. The van der Waals surface area contributed by atoms with E-state index < -0.39 is 6.10 Å². The second-order valence-corrected chi connectivity index (χ2v) is 4.46. The third kappa shape index (κ3) is 3.32. The van der Waals surface area contributed by atoms with E-state index in [4.69, 9.17) is 16.0 Å². The molecule has 2 aromatic rings. The maximum atomic E-state index is 9.25. The zero-order chi connectivity index (χ0) is 12.3. The van der Waals surface area contributed by atoms with Gasteiger partial charge in [0, 0.05) is 11.4 Å². The molecular formula is C13H14ClNO2. The molecule has 4 heteroatoms. The van der Waals surface area contributed by atoms with Crippen LogP contribution in [0.5, 0.6) is 0 Å².